The standard InChI is InChI=1S/C9H17IO2Si/c1-5-9(11)12-7-6-8(2)13(3,4)10/h5,8H,1,6-7H2,2-4H3. The lowest BCUT2D eigenvalue weighted by Gasteiger charge is -2.22. The van der Waals surface area contributed by atoms with Crippen molar-refractivity contribution in [3.05, 3.63) is 12.7 Å². The van der Waals surface area contributed by atoms with Gasteiger partial charge in [0.15, 0.2) is 0 Å². The summed E-state index contributed by atoms with van der Waals surface area (Å²) in [6, 6.07) is 0. The van der Waals surface area contributed by atoms with Gasteiger partial charge < -0.3 is 4.74 Å². The molecule has 0 aromatic heterocycles. The smallest absolute Gasteiger partial charge is 0.330 e. The van der Waals surface area contributed by atoms with E-state index < -0.39 is 5.57 Å². The van der Waals surface area contributed by atoms with Gasteiger partial charge in [-0.05, 0) is 12.0 Å². The molecule has 0 N–H and O–H groups in total. The van der Waals surface area contributed by atoms with Crippen molar-refractivity contribution in [2.75, 3.05) is 6.61 Å². The maximum absolute atomic E-state index is 10.7. The van der Waals surface area contributed by atoms with Crippen molar-refractivity contribution in [2.24, 2.45) is 0 Å². The van der Waals surface area contributed by atoms with Gasteiger partial charge in [-0.1, -0.05) is 26.6 Å². The average molecular weight is 312 g/mol. The number of ether oxygens (including phenoxy) is 1. The van der Waals surface area contributed by atoms with Crippen LogP contribution >= 0.6 is 21.8 Å². The minimum Gasteiger partial charge on any atom is -0.463 e. The summed E-state index contributed by atoms with van der Waals surface area (Å²) in [5.74, 6) is -0.319. The predicted octanol–water partition coefficient (Wildman–Crippen LogP) is 3.14. The van der Waals surface area contributed by atoms with Crippen molar-refractivity contribution in [3.8, 4) is 0 Å². The summed E-state index contributed by atoms with van der Waals surface area (Å²) in [5, 5.41) is 0. The Morgan fingerprint density at radius 1 is 1.69 bits per heavy atom. The fourth-order valence-electron chi connectivity index (χ4n) is 0.738. The molecule has 0 bridgehead atoms. The normalized spacial score (nSPS) is 13.5. The quantitative estimate of drug-likeness (QED) is 0.256. The van der Waals surface area contributed by atoms with E-state index in [0.29, 0.717) is 12.1 Å². The SMILES string of the molecule is C=CC(=O)OCCC(C)[Si](C)(C)I. The largest absolute Gasteiger partial charge is 0.463 e. The molecule has 0 aromatic carbocycles. The monoisotopic (exact) mass is 312 g/mol. The molecule has 0 aromatic rings. The third-order valence-corrected chi connectivity index (χ3v) is 7.96. The van der Waals surface area contributed by atoms with Crippen LogP contribution in [-0.4, -0.2) is 18.1 Å². The van der Waals surface area contributed by atoms with Crippen molar-refractivity contribution in [3.63, 3.8) is 0 Å². The second kappa shape index (κ2) is 5.80. The maximum atomic E-state index is 10.7. The van der Waals surface area contributed by atoms with E-state index in [-0.39, 0.29) is 5.97 Å². The van der Waals surface area contributed by atoms with Gasteiger partial charge in [-0.25, -0.2) is 4.79 Å². The Hall–Kier alpha value is 0.157. The van der Waals surface area contributed by atoms with Crippen LogP contribution in [0.4, 0.5) is 0 Å². The Morgan fingerprint density at radius 2 is 2.23 bits per heavy atom. The molecule has 0 saturated heterocycles. The molecule has 2 nitrogen and oxygen atoms in total. The van der Waals surface area contributed by atoms with Crippen molar-refractivity contribution < 1.29 is 9.53 Å². The first-order valence-electron chi connectivity index (χ1n) is 4.36. The van der Waals surface area contributed by atoms with Crippen LogP contribution in [0.5, 0.6) is 0 Å². The third-order valence-electron chi connectivity index (χ3n) is 2.13. The zero-order valence-corrected chi connectivity index (χ0v) is 11.6. The average Bonchev–Trinajstić information content (AvgIpc) is 2.02. The lowest BCUT2D eigenvalue weighted by atomic mass is 10.3. The molecule has 0 heterocycles. The van der Waals surface area contributed by atoms with Crippen molar-refractivity contribution >= 4 is 33.3 Å². The summed E-state index contributed by atoms with van der Waals surface area (Å²) >= 11 is 2.55. The van der Waals surface area contributed by atoms with Crippen LogP contribution in [0.25, 0.3) is 0 Å². The molecule has 0 saturated carbocycles. The Kier molecular flexibility index (Phi) is 5.87. The highest BCUT2D eigenvalue weighted by atomic mass is 127. The number of hydrogen-bond donors (Lipinski definition) is 0. The molecule has 1 atom stereocenters. The molecule has 0 aliphatic heterocycles. The van der Waals surface area contributed by atoms with Crippen molar-refractivity contribution in [1.82, 2.24) is 0 Å². The van der Waals surface area contributed by atoms with Gasteiger partial charge in [0.1, 0.15) is 5.57 Å². The van der Waals surface area contributed by atoms with Crippen LogP contribution in [0.1, 0.15) is 13.3 Å². The molecule has 0 radical (unpaired) electrons. The number of rotatable bonds is 5. The van der Waals surface area contributed by atoms with Gasteiger partial charge in [-0.2, -0.15) is 0 Å². The first-order valence-corrected chi connectivity index (χ1v) is 10.5. The molecular weight excluding hydrogens is 295 g/mol. The summed E-state index contributed by atoms with van der Waals surface area (Å²) in [6.07, 6.45) is 2.17. The van der Waals surface area contributed by atoms with E-state index in [0.717, 1.165) is 6.42 Å². The van der Waals surface area contributed by atoms with Crippen LogP contribution < -0.4 is 0 Å². The van der Waals surface area contributed by atoms with Crippen LogP contribution in [0.15, 0.2) is 12.7 Å². The van der Waals surface area contributed by atoms with Crippen LogP contribution in [-0.2, 0) is 9.53 Å². The zero-order valence-electron chi connectivity index (χ0n) is 8.47. The van der Waals surface area contributed by atoms with Gasteiger partial charge in [0.05, 0.1) is 6.61 Å². The van der Waals surface area contributed by atoms with Gasteiger partial charge >= 0.3 is 5.97 Å². The fourth-order valence-corrected chi connectivity index (χ4v) is 2.48. The number of carbonyl (C=O) groups excluding carboxylic acids is 1. The highest BCUT2D eigenvalue weighted by molar-refractivity contribution is 14.1. The van der Waals surface area contributed by atoms with Crippen LogP contribution in [0.3, 0.4) is 0 Å². The molecule has 13 heavy (non-hydrogen) atoms. The summed E-state index contributed by atoms with van der Waals surface area (Å²) in [7, 11) is 0. The summed E-state index contributed by atoms with van der Waals surface area (Å²) < 4.78 is 4.92. The second-order valence-corrected chi connectivity index (χ2v) is 16.1. The topological polar surface area (TPSA) is 26.3 Å². The summed E-state index contributed by atoms with van der Waals surface area (Å²) in [6.45, 7) is 10.7. The van der Waals surface area contributed by atoms with Gasteiger partial charge in [0.2, 0.25) is 0 Å². The van der Waals surface area contributed by atoms with Gasteiger partial charge in [0.25, 0.3) is 0 Å². The Balaban J connectivity index is 3.65. The maximum Gasteiger partial charge on any atom is 0.330 e. The highest BCUT2D eigenvalue weighted by Crippen LogP contribution is 2.30. The third kappa shape index (κ3) is 6.26. The molecule has 0 fully saturated rings. The van der Waals surface area contributed by atoms with E-state index in [1.165, 1.54) is 6.08 Å². The molecular formula is C9H17IO2Si. The number of hydrogen-bond acceptors (Lipinski definition) is 2. The Bertz CT molecular complexity index is 187. The number of halogens is 1. The lowest BCUT2D eigenvalue weighted by molar-refractivity contribution is -0.137. The molecule has 4 heteroatoms. The first kappa shape index (κ1) is 13.2. The van der Waals surface area contributed by atoms with Gasteiger partial charge in [0, 0.05) is 6.08 Å². The van der Waals surface area contributed by atoms with E-state index >= 15 is 0 Å². The number of esters is 1. The Morgan fingerprint density at radius 3 is 2.62 bits per heavy atom. The minimum atomic E-state index is -1.09. The van der Waals surface area contributed by atoms with Crippen LogP contribution in [0.2, 0.25) is 18.6 Å². The van der Waals surface area contributed by atoms with E-state index in [1.807, 2.05) is 0 Å². The predicted molar refractivity (Wildman–Crippen MR) is 66.7 cm³/mol. The molecule has 0 aliphatic carbocycles. The molecule has 76 valence electrons. The first-order chi connectivity index (χ1) is 5.88. The molecule has 0 rings (SSSR count). The summed E-state index contributed by atoms with van der Waals surface area (Å²) in [5.41, 5.74) is -0.418. The van der Waals surface area contributed by atoms with Crippen molar-refractivity contribution in [2.45, 2.75) is 32.0 Å². The van der Waals surface area contributed by atoms with Gasteiger partial charge in [-0.3, -0.25) is 0 Å². The summed E-state index contributed by atoms with van der Waals surface area (Å²) in [4.78, 5) is 10.7. The van der Waals surface area contributed by atoms with E-state index in [9.17, 15) is 4.79 Å². The minimum absolute atomic E-state index is 0.319. The lowest BCUT2D eigenvalue weighted by Crippen LogP contribution is -2.23. The molecule has 0 amide bonds. The number of carbonyl (C=O) groups is 1. The zero-order chi connectivity index (χ0) is 10.5. The second-order valence-electron chi connectivity index (χ2n) is 3.63. The van der Waals surface area contributed by atoms with E-state index in [4.69, 9.17) is 4.74 Å². The van der Waals surface area contributed by atoms with Crippen LogP contribution in [0, 0.1) is 0 Å². The van der Waals surface area contributed by atoms with E-state index in [2.05, 4.69) is 48.4 Å². The molecule has 1 unspecified atom stereocenters. The van der Waals surface area contributed by atoms with E-state index in [1.54, 1.807) is 0 Å². The molecule has 0 aliphatic rings. The van der Waals surface area contributed by atoms with Gasteiger partial charge in [-0.15, -0.1) is 21.8 Å². The highest BCUT2D eigenvalue weighted by Gasteiger charge is 2.24. The Labute approximate surface area is 94.0 Å². The molecule has 0 spiro atoms. The fraction of sp³-hybridized carbons (Fsp3) is 0.667. The van der Waals surface area contributed by atoms with Crippen molar-refractivity contribution in [1.29, 1.82) is 0 Å².